The van der Waals surface area contributed by atoms with E-state index in [1.165, 1.54) is 18.5 Å². The fourth-order valence-electron chi connectivity index (χ4n) is 2.44. The highest BCUT2D eigenvalue weighted by Crippen LogP contribution is 2.15. The van der Waals surface area contributed by atoms with E-state index in [9.17, 15) is 16.8 Å². The van der Waals surface area contributed by atoms with Gasteiger partial charge in [0.1, 0.15) is 12.7 Å². The van der Waals surface area contributed by atoms with Crippen LogP contribution in [0.5, 0.6) is 0 Å². The Morgan fingerprint density at radius 1 is 0.926 bits per heavy atom. The number of nitrogens with two attached hydrogens (primary N) is 1. The molecule has 0 bridgehead atoms. The number of rotatable bonds is 7. The summed E-state index contributed by atoms with van der Waals surface area (Å²) >= 11 is 0. The lowest BCUT2D eigenvalue weighted by atomic mass is 10.1. The van der Waals surface area contributed by atoms with Crippen molar-refractivity contribution >= 4 is 20.0 Å². The summed E-state index contributed by atoms with van der Waals surface area (Å²) < 4.78 is 51.7. The first-order chi connectivity index (χ1) is 12.8. The zero-order valence-electron chi connectivity index (χ0n) is 14.1. The number of sulfonamides is 2. The minimum atomic E-state index is -3.88. The molecule has 2 aromatic carbocycles. The smallest absolute Gasteiger partial charge is 0.240 e. The summed E-state index contributed by atoms with van der Waals surface area (Å²) in [6.07, 6.45) is 3.00. The van der Waals surface area contributed by atoms with E-state index in [0.29, 0.717) is 6.54 Å². The summed E-state index contributed by atoms with van der Waals surface area (Å²) in [7, 11) is -7.70. The van der Waals surface area contributed by atoms with Crippen molar-refractivity contribution < 1.29 is 16.8 Å². The first kappa shape index (κ1) is 19.2. The summed E-state index contributed by atoms with van der Waals surface area (Å²) in [6, 6.07) is 12.1. The van der Waals surface area contributed by atoms with Crippen molar-refractivity contribution in [2.75, 3.05) is 0 Å². The van der Waals surface area contributed by atoms with Crippen LogP contribution in [0.2, 0.25) is 0 Å². The monoisotopic (exact) mass is 407 g/mol. The van der Waals surface area contributed by atoms with Gasteiger partial charge in [-0.2, -0.15) is 5.10 Å². The minimum absolute atomic E-state index is 0.0522. The van der Waals surface area contributed by atoms with Crippen LogP contribution in [0, 0.1) is 0 Å². The second-order valence-electron chi connectivity index (χ2n) is 5.70. The SMILES string of the molecule is NS(=O)(=O)c1ccc(S(=O)(=O)NCc2ccccc2Cn2cncn2)cc1. The van der Waals surface area contributed by atoms with E-state index >= 15 is 0 Å². The molecule has 0 unspecified atom stereocenters. The number of nitrogens with zero attached hydrogens (tertiary/aromatic N) is 3. The van der Waals surface area contributed by atoms with Crippen LogP contribution in [-0.4, -0.2) is 31.6 Å². The molecule has 0 fully saturated rings. The van der Waals surface area contributed by atoms with Crippen LogP contribution in [0.1, 0.15) is 11.1 Å². The van der Waals surface area contributed by atoms with Crippen molar-refractivity contribution in [2.45, 2.75) is 22.9 Å². The first-order valence-corrected chi connectivity index (χ1v) is 10.8. The van der Waals surface area contributed by atoms with Crippen molar-refractivity contribution in [1.29, 1.82) is 0 Å². The Morgan fingerprint density at radius 2 is 1.56 bits per heavy atom. The Balaban J connectivity index is 1.76. The fourth-order valence-corrected chi connectivity index (χ4v) is 3.96. The third-order valence-electron chi connectivity index (χ3n) is 3.83. The van der Waals surface area contributed by atoms with Crippen molar-refractivity contribution in [3.63, 3.8) is 0 Å². The molecule has 142 valence electrons. The lowest BCUT2D eigenvalue weighted by molar-refractivity contribution is 0.579. The van der Waals surface area contributed by atoms with Gasteiger partial charge in [-0.15, -0.1) is 0 Å². The van der Waals surface area contributed by atoms with E-state index in [1.54, 1.807) is 11.0 Å². The number of nitrogens with one attached hydrogen (secondary N) is 1. The summed E-state index contributed by atoms with van der Waals surface area (Å²) in [4.78, 5) is 3.68. The van der Waals surface area contributed by atoms with Gasteiger partial charge in [0.05, 0.1) is 16.3 Å². The van der Waals surface area contributed by atoms with Crippen molar-refractivity contribution in [3.8, 4) is 0 Å². The van der Waals surface area contributed by atoms with Gasteiger partial charge in [0.2, 0.25) is 20.0 Å². The van der Waals surface area contributed by atoms with E-state index in [4.69, 9.17) is 5.14 Å². The third kappa shape index (κ3) is 4.77. The lowest BCUT2D eigenvalue weighted by Crippen LogP contribution is -2.24. The molecular weight excluding hydrogens is 390 g/mol. The van der Waals surface area contributed by atoms with Gasteiger partial charge < -0.3 is 0 Å². The average Bonchev–Trinajstić information content (AvgIpc) is 3.13. The van der Waals surface area contributed by atoms with Crippen LogP contribution < -0.4 is 9.86 Å². The molecule has 3 rings (SSSR count). The van der Waals surface area contributed by atoms with Gasteiger partial charge in [-0.3, -0.25) is 0 Å². The van der Waals surface area contributed by atoms with E-state index in [2.05, 4.69) is 14.8 Å². The number of benzene rings is 2. The second kappa shape index (κ2) is 7.56. The maximum absolute atomic E-state index is 12.5. The molecule has 0 radical (unpaired) electrons. The highest BCUT2D eigenvalue weighted by atomic mass is 32.2. The summed E-state index contributed by atoms with van der Waals surface area (Å²) in [5.41, 5.74) is 1.69. The summed E-state index contributed by atoms with van der Waals surface area (Å²) in [6.45, 7) is 0.533. The third-order valence-corrected chi connectivity index (χ3v) is 6.18. The number of primary sulfonamides is 1. The van der Waals surface area contributed by atoms with Gasteiger partial charge in [-0.25, -0.2) is 36.4 Å². The standard InChI is InChI=1S/C16H17N5O4S2/c17-26(22,23)15-5-7-16(8-6-15)27(24,25)20-9-13-3-1-2-4-14(13)10-21-12-18-11-19-21/h1-8,11-12,20H,9-10H2,(H2,17,22,23). The van der Waals surface area contributed by atoms with Crippen molar-refractivity contribution in [2.24, 2.45) is 5.14 Å². The van der Waals surface area contributed by atoms with Crippen molar-refractivity contribution in [3.05, 3.63) is 72.3 Å². The normalized spacial score (nSPS) is 12.2. The molecule has 3 aromatic rings. The Morgan fingerprint density at radius 3 is 2.15 bits per heavy atom. The van der Waals surface area contributed by atoms with Gasteiger partial charge in [0.25, 0.3) is 0 Å². The lowest BCUT2D eigenvalue weighted by Gasteiger charge is -2.11. The molecule has 1 heterocycles. The van der Waals surface area contributed by atoms with Gasteiger partial charge in [0.15, 0.2) is 0 Å². The van der Waals surface area contributed by atoms with Crippen LogP contribution >= 0.6 is 0 Å². The Bertz CT molecular complexity index is 1130. The largest absolute Gasteiger partial charge is 0.249 e. The molecule has 0 aliphatic carbocycles. The Kier molecular flexibility index (Phi) is 5.37. The van der Waals surface area contributed by atoms with Gasteiger partial charge >= 0.3 is 0 Å². The molecule has 0 saturated heterocycles. The maximum atomic E-state index is 12.5. The molecule has 0 saturated carbocycles. The van der Waals surface area contributed by atoms with Crippen LogP contribution in [0.25, 0.3) is 0 Å². The summed E-state index contributed by atoms with van der Waals surface area (Å²) in [5.74, 6) is 0. The van der Waals surface area contributed by atoms with E-state index in [1.807, 2.05) is 24.3 Å². The zero-order chi connectivity index (χ0) is 19.5. The van der Waals surface area contributed by atoms with Gasteiger partial charge in [-0.05, 0) is 35.4 Å². The Hall–Kier alpha value is -2.60. The highest BCUT2D eigenvalue weighted by Gasteiger charge is 2.16. The van der Waals surface area contributed by atoms with E-state index in [0.717, 1.165) is 23.3 Å². The van der Waals surface area contributed by atoms with E-state index in [-0.39, 0.29) is 16.3 Å². The molecule has 0 spiro atoms. The van der Waals surface area contributed by atoms with Crippen molar-refractivity contribution in [1.82, 2.24) is 19.5 Å². The number of aromatic nitrogens is 3. The predicted molar refractivity (Wildman–Crippen MR) is 97.4 cm³/mol. The van der Waals surface area contributed by atoms with Gasteiger partial charge in [0, 0.05) is 6.54 Å². The topological polar surface area (TPSA) is 137 Å². The minimum Gasteiger partial charge on any atom is -0.249 e. The summed E-state index contributed by atoms with van der Waals surface area (Å²) in [5, 5.41) is 9.06. The average molecular weight is 407 g/mol. The van der Waals surface area contributed by atoms with E-state index < -0.39 is 20.0 Å². The van der Waals surface area contributed by atoms with Gasteiger partial charge in [-0.1, -0.05) is 24.3 Å². The quantitative estimate of drug-likeness (QED) is 0.583. The Labute approximate surface area is 157 Å². The molecule has 0 amide bonds. The molecule has 11 heteroatoms. The van der Waals surface area contributed by atoms with Crippen LogP contribution in [-0.2, 0) is 33.1 Å². The molecule has 9 nitrogen and oxygen atoms in total. The first-order valence-electron chi connectivity index (χ1n) is 7.77. The molecule has 3 N–H and O–H groups in total. The predicted octanol–water partition coefficient (Wildman–Crippen LogP) is 0.452. The number of hydrogen-bond donors (Lipinski definition) is 2. The molecule has 1 aromatic heterocycles. The fraction of sp³-hybridized carbons (Fsp3) is 0.125. The van der Waals surface area contributed by atoms with Crippen LogP contribution in [0.4, 0.5) is 0 Å². The molecule has 0 atom stereocenters. The second-order valence-corrected chi connectivity index (χ2v) is 9.03. The molecule has 0 aliphatic heterocycles. The van der Waals surface area contributed by atoms with Crippen LogP contribution in [0.15, 0.2) is 71.0 Å². The highest BCUT2D eigenvalue weighted by molar-refractivity contribution is 7.89. The zero-order valence-corrected chi connectivity index (χ0v) is 15.7. The molecule has 27 heavy (non-hydrogen) atoms. The maximum Gasteiger partial charge on any atom is 0.240 e. The van der Waals surface area contributed by atoms with Crippen LogP contribution in [0.3, 0.4) is 0 Å². The molecular formula is C16H17N5O4S2. The molecule has 0 aliphatic rings. The number of hydrogen-bond acceptors (Lipinski definition) is 6.